The van der Waals surface area contributed by atoms with Crippen LogP contribution in [0.15, 0.2) is 36.4 Å². The number of carbonyl (C=O) groups is 1. The molecule has 0 saturated carbocycles. The van der Waals surface area contributed by atoms with Crippen molar-refractivity contribution in [3.05, 3.63) is 58.7 Å². The zero-order valence-electron chi connectivity index (χ0n) is 17.8. The van der Waals surface area contributed by atoms with Crippen molar-refractivity contribution in [1.29, 1.82) is 0 Å². The molecule has 0 fully saturated rings. The number of hydrogen-bond acceptors (Lipinski definition) is 4. The van der Waals surface area contributed by atoms with Crippen molar-refractivity contribution in [3.63, 3.8) is 0 Å². The molecule has 2 rings (SSSR count). The van der Waals surface area contributed by atoms with Crippen LogP contribution in [0.5, 0.6) is 11.5 Å². The Kier molecular flexibility index (Phi) is 7.88. The van der Waals surface area contributed by atoms with Crippen LogP contribution in [0.3, 0.4) is 0 Å². The van der Waals surface area contributed by atoms with E-state index in [0.29, 0.717) is 11.5 Å². The van der Waals surface area contributed by atoms with E-state index in [1.54, 1.807) is 14.2 Å². The van der Waals surface area contributed by atoms with Crippen molar-refractivity contribution in [1.82, 2.24) is 10.6 Å². The van der Waals surface area contributed by atoms with Gasteiger partial charge in [-0.25, -0.2) is 0 Å². The van der Waals surface area contributed by atoms with Gasteiger partial charge in [-0.3, -0.25) is 4.79 Å². The second-order valence-electron chi connectivity index (χ2n) is 7.05. The highest BCUT2D eigenvalue weighted by molar-refractivity contribution is 5.78. The zero-order valence-corrected chi connectivity index (χ0v) is 17.8. The summed E-state index contributed by atoms with van der Waals surface area (Å²) in [6.07, 6.45) is 1.03. The van der Waals surface area contributed by atoms with Gasteiger partial charge in [0.2, 0.25) is 5.91 Å². The van der Waals surface area contributed by atoms with Crippen LogP contribution in [0.25, 0.3) is 0 Å². The minimum atomic E-state index is -0.131. The molecule has 0 heterocycles. The summed E-state index contributed by atoms with van der Waals surface area (Å²) in [5.74, 6) is 1.30. The summed E-state index contributed by atoms with van der Waals surface area (Å²) in [6.45, 7) is 8.44. The van der Waals surface area contributed by atoms with E-state index in [1.807, 2.05) is 26.0 Å². The Bertz CT molecular complexity index is 787. The molecule has 2 N–H and O–H groups in total. The van der Waals surface area contributed by atoms with Crippen LogP contribution in [-0.2, 0) is 11.2 Å². The van der Waals surface area contributed by atoms with Crippen LogP contribution in [0, 0.1) is 6.92 Å². The Morgan fingerprint density at radius 2 is 1.61 bits per heavy atom. The number of methoxy groups -OCH3 is 2. The minimum absolute atomic E-state index is 0.0429. The Hall–Kier alpha value is -2.53. The fourth-order valence-corrected chi connectivity index (χ4v) is 3.24. The third-order valence-electron chi connectivity index (χ3n) is 5.07. The van der Waals surface area contributed by atoms with Crippen molar-refractivity contribution in [2.24, 2.45) is 0 Å². The lowest BCUT2D eigenvalue weighted by molar-refractivity contribution is -0.121. The van der Waals surface area contributed by atoms with Gasteiger partial charge in [0.15, 0.2) is 11.5 Å². The third kappa shape index (κ3) is 5.49. The third-order valence-corrected chi connectivity index (χ3v) is 5.07. The minimum Gasteiger partial charge on any atom is -0.493 e. The molecule has 0 aliphatic carbocycles. The van der Waals surface area contributed by atoms with Crippen molar-refractivity contribution >= 4 is 5.91 Å². The summed E-state index contributed by atoms with van der Waals surface area (Å²) in [5, 5.41) is 6.34. The molecule has 2 unspecified atom stereocenters. The first-order valence-electron chi connectivity index (χ1n) is 9.73. The first-order chi connectivity index (χ1) is 13.4. The molecule has 2 aromatic rings. The largest absolute Gasteiger partial charge is 0.493 e. The molecule has 5 nitrogen and oxygen atoms in total. The van der Waals surface area contributed by atoms with E-state index >= 15 is 0 Å². The van der Waals surface area contributed by atoms with Gasteiger partial charge in [0.05, 0.1) is 26.8 Å². The van der Waals surface area contributed by atoms with Gasteiger partial charge in [0, 0.05) is 6.04 Å². The molecule has 0 bridgehead atoms. The summed E-state index contributed by atoms with van der Waals surface area (Å²) in [6, 6.07) is 12.3. The molecule has 28 heavy (non-hydrogen) atoms. The highest BCUT2D eigenvalue weighted by Crippen LogP contribution is 2.32. The van der Waals surface area contributed by atoms with E-state index in [0.717, 1.165) is 17.5 Å². The SMILES string of the molecule is CCc1ccc(C(C)NCC(=O)NC(C)c2cc(OC)c(OC)cc2C)cc1. The Labute approximate surface area is 168 Å². The molecule has 0 spiro atoms. The van der Waals surface area contributed by atoms with Gasteiger partial charge in [-0.1, -0.05) is 31.2 Å². The van der Waals surface area contributed by atoms with Crippen LogP contribution in [-0.4, -0.2) is 26.7 Å². The second kappa shape index (κ2) is 10.1. The highest BCUT2D eigenvalue weighted by atomic mass is 16.5. The van der Waals surface area contributed by atoms with E-state index in [1.165, 1.54) is 11.1 Å². The molecule has 0 aliphatic rings. The van der Waals surface area contributed by atoms with Gasteiger partial charge in [-0.2, -0.15) is 0 Å². The molecule has 5 heteroatoms. The average Bonchev–Trinajstić information content (AvgIpc) is 2.71. The summed E-state index contributed by atoms with van der Waals surface area (Å²) in [5.41, 5.74) is 4.54. The van der Waals surface area contributed by atoms with E-state index in [4.69, 9.17) is 9.47 Å². The van der Waals surface area contributed by atoms with E-state index in [9.17, 15) is 4.79 Å². The summed E-state index contributed by atoms with van der Waals surface area (Å²) >= 11 is 0. The van der Waals surface area contributed by atoms with Gasteiger partial charge < -0.3 is 20.1 Å². The molecule has 0 aliphatic heterocycles. The normalized spacial score (nSPS) is 12.9. The Morgan fingerprint density at radius 1 is 1.00 bits per heavy atom. The zero-order chi connectivity index (χ0) is 20.7. The predicted molar refractivity (Wildman–Crippen MR) is 113 cm³/mol. The number of hydrogen-bond donors (Lipinski definition) is 2. The average molecular weight is 385 g/mol. The molecule has 0 saturated heterocycles. The Morgan fingerprint density at radius 3 is 2.18 bits per heavy atom. The van der Waals surface area contributed by atoms with Gasteiger partial charge in [0.25, 0.3) is 0 Å². The van der Waals surface area contributed by atoms with Gasteiger partial charge in [-0.05, 0) is 61.6 Å². The molecule has 152 valence electrons. The number of ether oxygens (including phenoxy) is 2. The fraction of sp³-hybridized carbons (Fsp3) is 0.435. The van der Waals surface area contributed by atoms with Crippen LogP contribution in [0.2, 0.25) is 0 Å². The van der Waals surface area contributed by atoms with Gasteiger partial charge in [0.1, 0.15) is 0 Å². The first kappa shape index (κ1) is 21.8. The standard InChI is InChI=1S/C23H32N2O3/c1-7-18-8-10-19(11-9-18)16(3)24-14-23(26)25-17(4)20-13-22(28-6)21(27-5)12-15(20)2/h8-13,16-17,24H,7,14H2,1-6H3,(H,25,26). The van der Waals surface area contributed by atoms with Crippen LogP contribution < -0.4 is 20.1 Å². The first-order valence-corrected chi connectivity index (χ1v) is 9.73. The molecular weight excluding hydrogens is 352 g/mol. The summed E-state index contributed by atoms with van der Waals surface area (Å²) in [4.78, 5) is 12.4. The number of nitrogens with one attached hydrogen (secondary N) is 2. The second-order valence-corrected chi connectivity index (χ2v) is 7.05. The van der Waals surface area contributed by atoms with Crippen molar-refractivity contribution in [3.8, 4) is 11.5 Å². The van der Waals surface area contributed by atoms with Crippen molar-refractivity contribution in [2.45, 2.75) is 46.2 Å². The summed E-state index contributed by atoms with van der Waals surface area (Å²) < 4.78 is 10.7. The van der Waals surface area contributed by atoms with Crippen LogP contribution >= 0.6 is 0 Å². The lowest BCUT2D eigenvalue weighted by atomic mass is 10.0. The van der Waals surface area contributed by atoms with Crippen molar-refractivity contribution < 1.29 is 14.3 Å². The molecule has 2 aromatic carbocycles. The topological polar surface area (TPSA) is 59.6 Å². The van der Waals surface area contributed by atoms with Crippen LogP contribution in [0.4, 0.5) is 0 Å². The number of aryl methyl sites for hydroxylation is 2. The van der Waals surface area contributed by atoms with Crippen molar-refractivity contribution in [2.75, 3.05) is 20.8 Å². The number of rotatable bonds is 9. The monoisotopic (exact) mass is 384 g/mol. The number of amides is 1. The summed E-state index contributed by atoms with van der Waals surface area (Å²) in [7, 11) is 3.23. The number of benzene rings is 2. The smallest absolute Gasteiger partial charge is 0.234 e. The maximum Gasteiger partial charge on any atom is 0.234 e. The maximum atomic E-state index is 12.4. The van der Waals surface area contributed by atoms with Gasteiger partial charge in [-0.15, -0.1) is 0 Å². The molecule has 2 atom stereocenters. The molecule has 1 amide bonds. The maximum absolute atomic E-state index is 12.4. The van der Waals surface area contributed by atoms with Gasteiger partial charge >= 0.3 is 0 Å². The van der Waals surface area contributed by atoms with E-state index < -0.39 is 0 Å². The fourth-order valence-electron chi connectivity index (χ4n) is 3.24. The lowest BCUT2D eigenvalue weighted by Gasteiger charge is -2.20. The van der Waals surface area contributed by atoms with E-state index in [2.05, 4.69) is 48.7 Å². The number of carbonyl (C=O) groups excluding carboxylic acids is 1. The molecular formula is C23H32N2O3. The molecule has 0 radical (unpaired) electrons. The highest BCUT2D eigenvalue weighted by Gasteiger charge is 2.16. The lowest BCUT2D eigenvalue weighted by Crippen LogP contribution is -2.36. The predicted octanol–water partition coefficient (Wildman–Crippen LogP) is 4.10. The quantitative estimate of drug-likeness (QED) is 0.683. The Balaban J connectivity index is 1.95. The van der Waals surface area contributed by atoms with Crippen LogP contribution in [0.1, 0.15) is 55.1 Å². The molecule has 0 aromatic heterocycles. The van der Waals surface area contributed by atoms with E-state index in [-0.39, 0.29) is 24.5 Å².